The van der Waals surface area contributed by atoms with Crippen LogP contribution in [0.1, 0.15) is 43.0 Å². The Hall–Kier alpha value is -3.64. The van der Waals surface area contributed by atoms with Gasteiger partial charge in [0, 0.05) is 50.2 Å². The second kappa shape index (κ2) is 10.0. The summed E-state index contributed by atoms with van der Waals surface area (Å²) in [6.07, 6.45) is 5.24. The van der Waals surface area contributed by atoms with E-state index in [0.717, 1.165) is 48.8 Å². The molecule has 0 spiro atoms. The molecule has 1 aliphatic heterocycles. The Kier molecular flexibility index (Phi) is 6.73. The van der Waals surface area contributed by atoms with Crippen LogP contribution in [0.3, 0.4) is 0 Å². The molecule has 1 aliphatic carbocycles. The highest BCUT2D eigenvalue weighted by Gasteiger charge is 2.31. The minimum atomic E-state index is -3.46. The fourth-order valence-electron chi connectivity index (χ4n) is 5.84. The van der Waals surface area contributed by atoms with Crippen LogP contribution in [0, 0.1) is 5.92 Å². The summed E-state index contributed by atoms with van der Waals surface area (Å²) in [6, 6.07) is 9.20. The lowest BCUT2D eigenvalue weighted by Crippen LogP contribution is -2.52. The van der Waals surface area contributed by atoms with E-state index in [1.807, 2.05) is 41.6 Å². The van der Waals surface area contributed by atoms with E-state index in [1.165, 1.54) is 17.6 Å². The normalized spacial score (nSPS) is 19.7. The number of imidazole rings is 1. The van der Waals surface area contributed by atoms with Gasteiger partial charge in [-0.25, -0.2) is 18.4 Å². The minimum absolute atomic E-state index is 0.0421. The number of anilines is 1. The fraction of sp³-hybridized carbons (Fsp3) is 0.483. The quantitative estimate of drug-likeness (QED) is 0.356. The lowest BCUT2D eigenvalue weighted by molar-refractivity contribution is 0.0605. The van der Waals surface area contributed by atoms with Gasteiger partial charge in [-0.05, 0) is 68.9 Å². The average molecular weight is 580 g/mol. The van der Waals surface area contributed by atoms with Crippen molar-refractivity contribution in [3.8, 4) is 17.3 Å². The molecule has 1 aromatic carbocycles. The molecule has 2 fully saturated rings. The first kappa shape index (κ1) is 27.5. The SMILES string of the molecule is COc1cc(C(=O)N2CCC[C@@H](N)[C@H]2C)cc2nc(-c3cc4ccc(N(C)S(C)(=O)=O)nc4n3CC3CC3)n(C)c12. The number of likely N-dealkylation sites (tertiary alicyclic amines) is 1. The van der Waals surface area contributed by atoms with E-state index < -0.39 is 10.0 Å². The Labute approximate surface area is 239 Å². The Balaban J connectivity index is 1.48. The molecule has 2 aliphatic rings. The van der Waals surface area contributed by atoms with E-state index in [-0.39, 0.29) is 18.0 Å². The summed E-state index contributed by atoms with van der Waals surface area (Å²) < 4.78 is 35.5. The van der Waals surface area contributed by atoms with Crippen LogP contribution in [0.15, 0.2) is 30.3 Å². The average Bonchev–Trinajstić information content (AvgIpc) is 3.61. The van der Waals surface area contributed by atoms with Gasteiger partial charge in [0.1, 0.15) is 22.7 Å². The first-order valence-corrected chi connectivity index (χ1v) is 15.9. The number of nitrogens with zero attached hydrogens (tertiary/aromatic N) is 6. The van der Waals surface area contributed by atoms with E-state index in [9.17, 15) is 13.2 Å². The zero-order valence-electron chi connectivity index (χ0n) is 24.2. The fourth-order valence-corrected chi connectivity index (χ4v) is 6.28. The maximum Gasteiger partial charge on any atom is 0.254 e. The number of sulfonamides is 1. The number of hydrogen-bond donors (Lipinski definition) is 1. The number of carbonyl (C=O) groups excluding carboxylic acids is 1. The summed E-state index contributed by atoms with van der Waals surface area (Å²) in [5.74, 6) is 2.11. The summed E-state index contributed by atoms with van der Waals surface area (Å²) in [6.45, 7) is 3.43. The number of nitrogens with two attached hydrogens (primary N) is 1. The topological polar surface area (TPSA) is 129 Å². The molecule has 41 heavy (non-hydrogen) atoms. The van der Waals surface area contributed by atoms with Gasteiger partial charge >= 0.3 is 0 Å². The molecule has 1 saturated carbocycles. The van der Waals surface area contributed by atoms with Crippen LogP contribution in [0.2, 0.25) is 0 Å². The van der Waals surface area contributed by atoms with Crippen LogP contribution in [-0.4, -0.2) is 77.4 Å². The van der Waals surface area contributed by atoms with Crippen molar-refractivity contribution in [3.05, 3.63) is 35.9 Å². The Morgan fingerprint density at radius 3 is 2.61 bits per heavy atom. The Morgan fingerprint density at radius 2 is 1.93 bits per heavy atom. The first-order chi connectivity index (χ1) is 19.5. The summed E-state index contributed by atoms with van der Waals surface area (Å²) >= 11 is 0. The number of fused-ring (bicyclic) bond motifs is 2. The third-order valence-electron chi connectivity index (χ3n) is 8.63. The molecule has 12 heteroatoms. The van der Waals surface area contributed by atoms with Gasteiger partial charge in [0.05, 0.1) is 24.6 Å². The van der Waals surface area contributed by atoms with E-state index in [0.29, 0.717) is 46.6 Å². The molecule has 4 heterocycles. The molecule has 1 saturated heterocycles. The number of aryl methyl sites for hydroxylation is 1. The van der Waals surface area contributed by atoms with Crippen molar-refractivity contribution in [1.82, 2.24) is 24.0 Å². The number of carbonyl (C=O) groups is 1. The van der Waals surface area contributed by atoms with E-state index in [2.05, 4.69) is 4.57 Å². The largest absolute Gasteiger partial charge is 0.494 e. The van der Waals surface area contributed by atoms with Crippen molar-refractivity contribution < 1.29 is 17.9 Å². The van der Waals surface area contributed by atoms with E-state index in [1.54, 1.807) is 19.2 Å². The summed E-state index contributed by atoms with van der Waals surface area (Å²) in [4.78, 5) is 25.3. The van der Waals surface area contributed by atoms with Gasteiger partial charge in [-0.2, -0.15) is 0 Å². The third-order valence-corrected chi connectivity index (χ3v) is 9.81. The Bertz CT molecular complexity index is 1770. The minimum Gasteiger partial charge on any atom is -0.494 e. The molecular weight excluding hydrogens is 542 g/mol. The maximum atomic E-state index is 13.6. The first-order valence-electron chi connectivity index (χ1n) is 14.0. The predicted molar refractivity (Wildman–Crippen MR) is 160 cm³/mol. The number of pyridine rings is 1. The second-order valence-electron chi connectivity index (χ2n) is 11.5. The van der Waals surface area contributed by atoms with Gasteiger partial charge < -0.3 is 24.5 Å². The van der Waals surface area contributed by atoms with Crippen molar-refractivity contribution in [2.24, 2.45) is 18.7 Å². The smallest absolute Gasteiger partial charge is 0.254 e. The van der Waals surface area contributed by atoms with Crippen LogP contribution in [0.25, 0.3) is 33.6 Å². The number of rotatable bonds is 7. The lowest BCUT2D eigenvalue weighted by Gasteiger charge is -2.37. The van der Waals surface area contributed by atoms with Crippen molar-refractivity contribution >= 4 is 43.8 Å². The van der Waals surface area contributed by atoms with Gasteiger partial charge in [-0.1, -0.05) is 0 Å². The Morgan fingerprint density at radius 1 is 1.17 bits per heavy atom. The summed E-state index contributed by atoms with van der Waals surface area (Å²) in [7, 11) is 1.59. The van der Waals surface area contributed by atoms with Gasteiger partial charge in [0.2, 0.25) is 10.0 Å². The molecule has 11 nitrogen and oxygen atoms in total. The van der Waals surface area contributed by atoms with Crippen LogP contribution in [-0.2, 0) is 23.6 Å². The number of benzene rings is 1. The van der Waals surface area contributed by atoms with Crippen molar-refractivity contribution in [2.75, 3.05) is 31.3 Å². The molecule has 218 valence electrons. The molecule has 4 aromatic rings. The summed E-state index contributed by atoms with van der Waals surface area (Å²) in [5.41, 5.74) is 9.84. The zero-order valence-corrected chi connectivity index (χ0v) is 25.0. The van der Waals surface area contributed by atoms with Gasteiger partial charge in [-0.3, -0.25) is 9.10 Å². The monoisotopic (exact) mass is 579 g/mol. The van der Waals surface area contributed by atoms with Crippen LogP contribution < -0.4 is 14.8 Å². The highest BCUT2D eigenvalue weighted by atomic mass is 32.2. The zero-order chi connectivity index (χ0) is 29.2. The predicted octanol–water partition coefficient (Wildman–Crippen LogP) is 3.36. The molecule has 0 unspecified atom stereocenters. The molecule has 0 bridgehead atoms. The molecule has 6 rings (SSSR count). The number of aromatic nitrogens is 4. The number of hydrogen-bond acceptors (Lipinski definition) is 7. The van der Waals surface area contributed by atoms with Crippen molar-refractivity contribution in [1.29, 1.82) is 0 Å². The summed E-state index contributed by atoms with van der Waals surface area (Å²) in [5, 5.41) is 0.900. The highest BCUT2D eigenvalue weighted by Crippen LogP contribution is 2.38. The number of ether oxygens (including phenoxy) is 1. The van der Waals surface area contributed by atoms with Crippen LogP contribution in [0.5, 0.6) is 5.75 Å². The maximum absolute atomic E-state index is 13.6. The molecule has 0 radical (unpaired) electrons. The molecular formula is C29H37N7O4S. The molecule has 2 N–H and O–H groups in total. The van der Waals surface area contributed by atoms with Gasteiger partial charge in [0.15, 0.2) is 5.82 Å². The molecule has 3 aromatic heterocycles. The number of methoxy groups -OCH3 is 1. The van der Waals surface area contributed by atoms with Crippen molar-refractivity contribution in [2.45, 2.75) is 51.2 Å². The number of piperidine rings is 1. The lowest BCUT2D eigenvalue weighted by atomic mass is 9.97. The molecule has 1 amide bonds. The highest BCUT2D eigenvalue weighted by molar-refractivity contribution is 7.92. The third kappa shape index (κ3) is 4.82. The van der Waals surface area contributed by atoms with Gasteiger partial charge in [-0.15, -0.1) is 0 Å². The van der Waals surface area contributed by atoms with Gasteiger partial charge in [0.25, 0.3) is 5.91 Å². The number of amides is 1. The molecule has 2 atom stereocenters. The second-order valence-corrected chi connectivity index (χ2v) is 13.5. The van der Waals surface area contributed by atoms with Crippen molar-refractivity contribution in [3.63, 3.8) is 0 Å². The van der Waals surface area contributed by atoms with Crippen LogP contribution >= 0.6 is 0 Å². The van der Waals surface area contributed by atoms with Crippen LogP contribution in [0.4, 0.5) is 5.82 Å². The standard InChI is InChI=1S/C29H37N7O4S/c1-17-21(30)7-6-12-35(17)29(37)20-13-22-26(24(15-20)40-4)33(2)28(31-22)23-14-19-10-11-25(34(3)41(5,38)39)32-27(19)36(23)16-18-8-9-18/h10-11,13-15,17-18,21H,6-9,12,16,30H2,1-5H3/t17-,21-/m1/s1. The van der Waals surface area contributed by atoms with E-state index >= 15 is 0 Å². The van der Waals surface area contributed by atoms with E-state index in [4.69, 9.17) is 20.4 Å².